The SMILES string of the molecule is O=C(O)c1ccc(S(=O)(=O)NC(C(=O)O[C@H]2CN3CCC2CC3)c2ccccc2)cc1[C@@H](Cc1c(Cl)c[n+]([O-])cc1Cl)c1ccc(OC(F)F)c(OCC2CC2)c1. The minimum atomic E-state index is -4.60. The number of carboxylic acids is 1. The lowest BCUT2D eigenvalue weighted by atomic mass is 9.83. The number of benzene rings is 3. The number of carboxylic acid groups (broad SMARTS) is 1. The van der Waals surface area contributed by atoms with E-state index in [9.17, 15) is 37.1 Å². The van der Waals surface area contributed by atoms with Gasteiger partial charge in [0.2, 0.25) is 10.0 Å². The summed E-state index contributed by atoms with van der Waals surface area (Å²) in [5, 5.41) is 22.5. The van der Waals surface area contributed by atoms with Crippen LogP contribution in [0.25, 0.3) is 0 Å². The van der Waals surface area contributed by atoms with Gasteiger partial charge in [-0.2, -0.15) is 18.2 Å². The van der Waals surface area contributed by atoms with Gasteiger partial charge in [-0.25, -0.2) is 18.0 Å². The third-order valence-corrected chi connectivity index (χ3v) is 12.7. The largest absolute Gasteiger partial charge is 0.619 e. The van der Waals surface area contributed by atoms with Gasteiger partial charge in [-0.3, -0.25) is 4.90 Å². The number of ether oxygens (including phenoxy) is 3. The predicted molar refractivity (Wildman–Crippen MR) is 204 cm³/mol. The van der Waals surface area contributed by atoms with E-state index in [-0.39, 0.29) is 68.0 Å². The van der Waals surface area contributed by atoms with Crippen molar-refractivity contribution in [2.24, 2.45) is 11.8 Å². The van der Waals surface area contributed by atoms with Crippen LogP contribution in [-0.2, 0) is 26.0 Å². The van der Waals surface area contributed by atoms with E-state index in [1.54, 1.807) is 30.3 Å². The fourth-order valence-corrected chi connectivity index (χ4v) is 9.26. The second-order valence-corrected chi connectivity index (χ2v) is 17.0. The Morgan fingerprint density at radius 1 is 0.947 bits per heavy atom. The Kier molecular flexibility index (Phi) is 12.2. The van der Waals surface area contributed by atoms with Gasteiger partial charge >= 0.3 is 18.6 Å². The molecule has 302 valence electrons. The van der Waals surface area contributed by atoms with Gasteiger partial charge in [-0.15, -0.1) is 0 Å². The Hall–Kier alpha value is -4.54. The normalized spacial score (nSPS) is 20.2. The fraction of sp³-hybridized carbons (Fsp3) is 0.375. The van der Waals surface area contributed by atoms with Gasteiger partial charge < -0.3 is 24.5 Å². The molecular formula is C40H39Cl2F2N3O9S. The lowest BCUT2D eigenvalue weighted by Gasteiger charge is -2.44. The number of esters is 1. The van der Waals surface area contributed by atoms with E-state index in [0.717, 1.165) is 63.3 Å². The highest BCUT2D eigenvalue weighted by Crippen LogP contribution is 2.41. The van der Waals surface area contributed by atoms with Crippen molar-refractivity contribution in [3.8, 4) is 11.5 Å². The molecule has 3 aliphatic heterocycles. The minimum absolute atomic E-state index is 0.0295. The first-order valence-corrected chi connectivity index (χ1v) is 20.6. The van der Waals surface area contributed by atoms with Crippen LogP contribution in [0.3, 0.4) is 0 Å². The number of nitrogens with one attached hydrogen (secondary N) is 1. The molecule has 1 unspecified atom stereocenters. The highest BCUT2D eigenvalue weighted by Gasteiger charge is 2.39. The Morgan fingerprint density at radius 2 is 1.65 bits per heavy atom. The Balaban J connectivity index is 1.29. The fourth-order valence-electron chi connectivity index (χ4n) is 7.45. The maximum Gasteiger partial charge on any atom is 0.387 e. The first-order chi connectivity index (χ1) is 27.3. The summed E-state index contributed by atoms with van der Waals surface area (Å²) in [7, 11) is -4.60. The Morgan fingerprint density at radius 3 is 2.26 bits per heavy atom. The summed E-state index contributed by atoms with van der Waals surface area (Å²) in [6.07, 6.45) is 5.08. The summed E-state index contributed by atoms with van der Waals surface area (Å²) < 4.78 is 75.1. The average Bonchev–Trinajstić information content (AvgIpc) is 4.01. The third-order valence-electron chi connectivity index (χ3n) is 10.7. The van der Waals surface area contributed by atoms with Gasteiger partial charge in [-0.05, 0) is 104 Å². The molecule has 0 amide bonds. The number of nitrogens with zero attached hydrogens (tertiary/aromatic N) is 2. The van der Waals surface area contributed by atoms with Crippen molar-refractivity contribution in [2.75, 3.05) is 26.2 Å². The molecular weight excluding hydrogens is 807 g/mol. The summed E-state index contributed by atoms with van der Waals surface area (Å²) >= 11 is 13.0. The molecule has 4 fully saturated rings. The molecule has 4 aliphatic rings. The molecule has 3 atom stereocenters. The van der Waals surface area contributed by atoms with Gasteiger partial charge in [0.15, 0.2) is 23.9 Å². The number of piperidine rings is 3. The number of halogens is 4. The van der Waals surface area contributed by atoms with Crippen LogP contribution in [0.15, 0.2) is 84.0 Å². The van der Waals surface area contributed by atoms with Crippen LogP contribution in [0.1, 0.15) is 70.3 Å². The molecule has 4 aromatic rings. The van der Waals surface area contributed by atoms with E-state index < -0.39 is 46.6 Å². The Labute approximate surface area is 337 Å². The number of aromatic nitrogens is 1. The van der Waals surface area contributed by atoms with E-state index in [0.29, 0.717) is 22.4 Å². The molecule has 17 heteroatoms. The zero-order chi connectivity index (χ0) is 40.4. The van der Waals surface area contributed by atoms with Crippen LogP contribution in [0.5, 0.6) is 11.5 Å². The average molecular weight is 847 g/mol. The maximum atomic E-state index is 14.3. The van der Waals surface area contributed by atoms with Crippen LogP contribution in [-0.4, -0.2) is 69.3 Å². The summed E-state index contributed by atoms with van der Waals surface area (Å²) in [4.78, 5) is 28.5. The van der Waals surface area contributed by atoms with E-state index in [1.165, 1.54) is 24.3 Å². The smallest absolute Gasteiger partial charge is 0.387 e. The molecule has 12 nitrogen and oxygen atoms in total. The Bertz CT molecular complexity index is 2220. The van der Waals surface area contributed by atoms with Gasteiger partial charge in [0.05, 0.1) is 17.1 Å². The van der Waals surface area contributed by atoms with Crippen molar-refractivity contribution in [1.29, 1.82) is 0 Å². The van der Waals surface area contributed by atoms with Crippen LogP contribution in [0, 0.1) is 17.0 Å². The second kappa shape index (κ2) is 17.1. The number of carbonyl (C=O) groups excluding carboxylic acids is 1. The number of sulfonamides is 1. The van der Waals surface area contributed by atoms with Gasteiger partial charge in [-0.1, -0.05) is 59.6 Å². The molecule has 0 spiro atoms. The number of fused-ring (bicyclic) bond motifs is 3. The van der Waals surface area contributed by atoms with Crippen molar-refractivity contribution >= 4 is 45.2 Å². The van der Waals surface area contributed by atoms with Crippen molar-refractivity contribution in [3.05, 3.63) is 122 Å². The number of carbonyl (C=O) groups is 2. The molecule has 1 aliphatic carbocycles. The maximum absolute atomic E-state index is 14.3. The second-order valence-electron chi connectivity index (χ2n) is 14.5. The number of hydrogen-bond acceptors (Lipinski definition) is 9. The van der Waals surface area contributed by atoms with E-state index >= 15 is 0 Å². The van der Waals surface area contributed by atoms with Crippen LogP contribution < -0.4 is 18.9 Å². The zero-order valence-corrected chi connectivity index (χ0v) is 32.7. The molecule has 4 heterocycles. The predicted octanol–water partition coefficient (Wildman–Crippen LogP) is 6.75. The minimum Gasteiger partial charge on any atom is -0.619 e. The number of pyridine rings is 1. The molecule has 57 heavy (non-hydrogen) atoms. The number of aromatic carboxylic acids is 1. The zero-order valence-electron chi connectivity index (χ0n) is 30.4. The summed E-state index contributed by atoms with van der Waals surface area (Å²) in [6.45, 7) is -0.576. The summed E-state index contributed by atoms with van der Waals surface area (Å²) in [5.74, 6) is -3.16. The molecule has 8 rings (SSSR count). The van der Waals surface area contributed by atoms with E-state index in [2.05, 4.69) is 9.62 Å². The van der Waals surface area contributed by atoms with Crippen LogP contribution >= 0.6 is 23.2 Å². The number of alkyl halides is 2. The van der Waals surface area contributed by atoms with E-state index in [1.807, 2.05) is 0 Å². The number of hydrogen-bond donors (Lipinski definition) is 2. The highest BCUT2D eigenvalue weighted by atomic mass is 35.5. The van der Waals surface area contributed by atoms with Gasteiger partial charge in [0, 0.05) is 18.0 Å². The topological polar surface area (TPSA) is 158 Å². The van der Waals surface area contributed by atoms with Gasteiger partial charge in [0.1, 0.15) is 22.2 Å². The molecule has 2 N–H and O–H groups in total. The molecule has 3 aromatic carbocycles. The third kappa shape index (κ3) is 9.61. The molecule has 1 aromatic heterocycles. The van der Waals surface area contributed by atoms with Crippen LogP contribution in [0.4, 0.5) is 8.78 Å². The quantitative estimate of drug-likeness (QED) is 0.0703. The first kappa shape index (κ1) is 40.6. The van der Waals surface area contributed by atoms with Gasteiger partial charge in [0.25, 0.3) is 0 Å². The van der Waals surface area contributed by atoms with Crippen molar-refractivity contribution in [2.45, 2.75) is 61.7 Å². The monoisotopic (exact) mass is 845 g/mol. The molecule has 0 radical (unpaired) electrons. The molecule has 3 saturated heterocycles. The van der Waals surface area contributed by atoms with E-state index in [4.69, 9.17) is 37.4 Å². The molecule has 2 bridgehead atoms. The van der Waals surface area contributed by atoms with Crippen molar-refractivity contribution in [1.82, 2.24) is 9.62 Å². The van der Waals surface area contributed by atoms with Crippen LogP contribution in [0.2, 0.25) is 10.0 Å². The summed E-state index contributed by atoms with van der Waals surface area (Å²) in [6, 6.07) is 14.3. The number of rotatable bonds is 16. The first-order valence-electron chi connectivity index (χ1n) is 18.4. The standard InChI is InChI=1S/C40H39Cl2F2N3O9S/c41-32-19-47(51)20-33(42)31(32)18-29(26-8-11-34(56-40(43)44)35(16-26)54-22-23-6-7-23)30-17-27(9-10-28(30)38(48)49)57(52,53)45-37(25-4-2-1-3-5-25)39(50)55-36-21-46-14-12-24(36)13-15-46/h1-5,8-11,16-17,19-20,23-24,29,36-37,40,45H,6-7,12-15,18,21-22H2,(H,48,49)/t29-,36-,37?/m0/s1. The molecule has 1 saturated carbocycles. The lowest BCUT2D eigenvalue weighted by Crippen LogP contribution is -2.52. The summed E-state index contributed by atoms with van der Waals surface area (Å²) in [5.41, 5.74) is 0.545. The van der Waals surface area contributed by atoms with Crippen molar-refractivity contribution in [3.63, 3.8) is 0 Å². The van der Waals surface area contributed by atoms with Crippen molar-refractivity contribution < 1.29 is 50.8 Å². The lowest BCUT2D eigenvalue weighted by molar-refractivity contribution is -0.605. The highest BCUT2D eigenvalue weighted by molar-refractivity contribution is 7.89.